The smallest absolute Gasteiger partial charge is 0.303 e. The molecule has 0 saturated carbocycles. The Morgan fingerprint density at radius 1 is 1.25 bits per heavy atom. The van der Waals surface area contributed by atoms with Crippen LogP contribution in [-0.2, 0) is 4.57 Å². The first-order chi connectivity index (χ1) is 3.41. The van der Waals surface area contributed by atoms with Gasteiger partial charge in [-0.05, 0) is 0 Å². The van der Waals surface area contributed by atoms with Gasteiger partial charge in [0.1, 0.15) is 0 Å². The normalized spacial score (nSPS) is 9.62. The summed E-state index contributed by atoms with van der Waals surface area (Å²) >= 11 is 9.81. The van der Waals surface area contributed by atoms with E-state index < -0.39 is 16.0 Å². The predicted octanol–water partition coefficient (Wildman–Crippen LogP) is -0.466. The SMILES string of the molecule is Cl[SiH2]Cl.O=P(O)(O)O. The van der Waals surface area contributed by atoms with Crippen LogP contribution in [0.25, 0.3) is 0 Å². The molecule has 0 saturated heterocycles. The zero-order valence-electron chi connectivity index (χ0n) is 3.66. The molecule has 0 unspecified atom stereocenters. The van der Waals surface area contributed by atoms with Gasteiger partial charge in [0.2, 0.25) is 8.14 Å². The molecular weight excluding hydrogens is 194 g/mol. The maximum Gasteiger partial charge on any atom is 0.466 e. The van der Waals surface area contributed by atoms with Crippen LogP contribution in [0.4, 0.5) is 0 Å². The van der Waals surface area contributed by atoms with Gasteiger partial charge in [-0.25, -0.2) is 4.57 Å². The number of hydrogen-bond acceptors (Lipinski definition) is 1. The van der Waals surface area contributed by atoms with E-state index in [9.17, 15) is 0 Å². The van der Waals surface area contributed by atoms with E-state index >= 15 is 0 Å². The van der Waals surface area contributed by atoms with Crippen LogP contribution in [0.2, 0.25) is 0 Å². The summed E-state index contributed by atoms with van der Waals surface area (Å²) in [7, 11) is -5.28. The van der Waals surface area contributed by atoms with Crippen LogP contribution >= 0.6 is 30.0 Å². The third kappa shape index (κ3) is 293. The Labute approximate surface area is 57.9 Å². The van der Waals surface area contributed by atoms with Crippen molar-refractivity contribution in [1.82, 2.24) is 0 Å². The fourth-order valence-corrected chi connectivity index (χ4v) is 0. The number of halogens is 2. The summed E-state index contributed by atoms with van der Waals surface area (Å²) < 4.78 is 8.88. The maximum atomic E-state index is 8.88. The van der Waals surface area contributed by atoms with Gasteiger partial charge in [0.05, 0.1) is 0 Å². The second kappa shape index (κ2) is 6.03. The second-order valence-electron chi connectivity index (χ2n) is 0.614. The molecule has 0 fully saturated rings. The van der Waals surface area contributed by atoms with Crippen molar-refractivity contribution in [3.63, 3.8) is 0 Å². The molecule has 0 bridgehead atoms. The van der Waals surface area contributed by atoms with Crippen LogP contribution in [0, 0.1) is 0 Å². The second-order valence-corrected chi connectivity index (χ2v) is 4.27. The minimum atomic E-state index is -4.64. The molecular formula is H5Cl2O4PSi. The third-order valence-electron chi connectivity index (χ3n) is 0. The average molecular weight is 199 g/mol. The van der Waals surface area contributed by atoms with Crippen LogP contribution in [-0.4, -0.2) is 22.8 Å². The fourth-order valence-electron chi connectivity index (χ4n) is 0. The average Bonchev–Trinajstić information content (AvgIpc) is 1.27. The molecule has 0 aromatic carbocycles. The van der Waals surface area contributed by atoms with Crippen molar-refractivity contribution in [2.75, 3.05) is 0 Å². The highest BCUT2D eigenvalue weighted by Gasteiger charge is 2.00. The summed E-state index contributed by atoms with van der Waals surface area (Å²) in [5.41, 5.74) is 0. The first-order valence-corrected chi connectivity index (χ1v) is 7.16. The van der Waals surface area contributed by atoms with Crippen molar-refractivity contribution in [1.29, 1.82) is 0 Å². The molecule has 0 aromatic heterocycles. The summed E-state index contributed by atoms with van der Waals surface area (Å²) in [6.07, 6.45) is 0. The highest BCUT2D eigenvalue weighted by atomic mass is 35.7. The highest BCUT2D eigenvalue weighted by molar-refractivity contribution is 7.45. The van der Waals surface area contributed by atoms with Crippen LogP contribution in [0.5, 0.6) is 0 Å². The molecule has 0 aliphatic carbocycles. The maximum absolute atomic E-state index is 8.88. The molecule has 0 heterocycles. The summed E-state index contributed by atoms with van der Waals surface area (Å²) in [6, 6.07) is 0. The first kappa shape index (κ1) is 11.7. The van der Waals surface area contributed by atoms with E-state index in [4.69, 9.17) is 41.4 Å². The molecule has 0 amide bonds. The number of hydrogen-bond donors (Lipinski definition) is 3. The first-order valence-electron chi connectivity index (χ1n) is 1.32. The Hall–Kier alpha value is 0.907. The van der Waals surface area contributed by atoms with E-state index in [2.05, 4.69) is 0 Å². The minimum Gasteiger partial charge on any atom is -0.303 e. The molecule has 0 radical (unpaired) electrons. The van der Waals surface area contributed by atoms with Gasteiger partial charge in [-0.15, -0.1) is 0 Å². The van der Waals surface area contributed by atoms with Gasteiger partial charge >= 0.3 is 7.82 Å². The summed E-state index contributed by atoms with van der Waals surface area (Å²) in [6.45, 7) is 0. The van der Waals surface area contributed by atoms with E-state index in [-0.39, 0.29) is 0 Å². The quantitative estimate of drug-likeness (QED) is 0.280. The summed E-state index contributed by atoms with van der Waals surface area (Å²) in [5.74, 6) is 0. The molecule has 3 N–H and O–H groups in total. The van der Waals surface area contributed by atoms with Crippen molar-refractivity contribution < 1.29 is 19.2 Å². The molecule has 0 aromatic rings. The lowest BCUT2D eigenvalue weighted by Gasteiger charge is -1.82. The lowest BCUT2D eigenvalue weighted by molar-refractivity contribution is 0.275. The van der Waals surface area contributed by atoms with Crippen molar-refractivity contribution in [3.8, 4) is 0 Å². The summed E-state index contributed by atoms with van der Waals surface area (Å²) in [5, 5.41) is 0. The standard InChI is InChI=1S/Cl2H2Si.H3O4P/c1-3-2;1-5(2,3)4/h3H2;(H3,1,2,3,4). The van der Waals surface area contributed by atoms with Crippen molar-refractivity contribution in [2.24, 2.45) is 0 Å². The van der Waals surface area contributed by atoms with Gasteiger partial charge in [-0.3, -0.25) is 0 Å². The van der Waals surface area contributed by atoms with E-state index in [1.807, 2.05) is 0 Å². The van der Waals surface area contributed by atoms with Crippen LogP contribution in [0.3, 0.4) is 0 Å². The topological polar surface area (TPSA) is 77.8 Å². The van der Waals surface area contributed by atoms with Crippen molar-refractivity contribution >= 4 is 38.1 Å². The fraction of sp³-hybridized carbons (Fsp3) is 0. The Kier molecular flexibility index (Phi) is 8.80. The van der Waals surface area contributed by atoms with Gasteiger partial charge in [0.15, 0.2) is 0 Å². The molecule has 0 aliphatic rings. The van der Waals surface area contributed by atoms with Crippen LogP contribution in [0.15, 0.2) is 0 Å². The zero-order chi connectivity index (χ0) is 7.21. The monoisotopic (exact) mass is 198 g/mol. The lowest BCUT2D eigenvalue weighted by Crippen LogP contribution is -1.66. The van der Waals surface area contributed by atoms with E-state index in [1.165, 1.54) is 0 Å². The van der Waals surface area contributed by atoms with Gasteiger partial charge in [-0.1, -0.05) is 0 Å². The van der Waals surface area contributed by atoms with Crippen molar-refractivity contribution in [3.05, 3.63) is 0 Å². The molecule has 4 nitrogen and oxygen atoms in total. The lowest BCUT2D eigenvalue weighted by atomic mass is 15.8. The zero-order valence-corrected chi connectivity index (χ0v) is 7.48. The Morgan fingerprint density at radius 3 is 1.25 bits per heavy atom. The molecule has 8 heteroatoms. The van der Waals surface area contributed by atoms with E-state index in [1.54, 1.807) is 0 Å². The van der Waals surface area contributed by atoms with E-state index in [0.29, 0.717) is 0 Å². The molecule has 0 atom stereocenters. The molecule has 52 valence electrons. The van der Waals surface area contributed by atoms with Gasteiger partial charge in [-0.2, -0.15) is 22.2 Å². The minimum absolute atomic E-state index is 0.639. The largest absolute Gasteiger partial charge is 0.466 e. The molecule has 0 rings (SSSR count). The third-order valence-corrected chi connectivity index (χ3v) is 0. The predicted molar refractivity (Wildman–Crippen MR) is 34.5 cm³/mol. The van der Waals surface area contributed by atoms with Gasteiger partial charge in [0.25, 0.3) is 0 Å². The highest BCUT2D eigenvalue weighted by Crippen LogP contribution is 2.25. The van der Waals surface area contributed by atoms with Crippen LogP contribution < -0.4 is 0 Å². The molecule has 0 aliphatic heterocycles. The van der Waals surface area contributed by atoms with Crippen LogP contribution in [0.1, 0.15) is 0 Å². The number of rotatable bonds is 0. The molecule has 8 heavy (non-hydrogen) atoms. The van der Waals surface area contributed by atoms with E-state index in [0.717, 1.165) is 0 Å². The summed E-state index contributed by atoms with van der Waals surface area (Å²) in [4.78, 5) is 21.6. The Morgan fingerprint density at radius 2 is 1.25 bits per heavy atom. The Balaban J connectivity index is 0. The number of phosphoric acid groups is 1. The van der Waals surface area contributed by atoms with Crippen molar-refractivity contribution in [2.45, 2.75) is 0 Å². The van der Waals surface area contributed by atoms with Gasteiger partial charge < -0.3 is 14.7 Å². The molecule has 0 spiro atoms. The van der Waals surface area contributed by atoms with Gasteiger partial charge in [0, 0.05) is 0 Å². The Bertz CT molecular complexity index is 69.8.